The molecule has 3 aliphatic rings. The van der Waals surface area contributed by atoms with Crippen molar-refractivity contribution in [2.45, 2.75) is 50.4 Å². The maximum absolute atomic E-state index is 13.7. The minimum Gasteiger partial charge on any atom is -0.351 e. The molecule has 2 aromatic carbocycles. The Kier molecular flexibility index (Phi) is 6.85. The average molecular weight is 541 g/mol. The fourth-order valence-electron chi connectivity index (χ4n) is 5.67. The fraction of sp³-hybridized carbons (Fsp3) is 0.333. The SMILES string of the molecule is O=C(NCc1ccccc1)C(=O)C(CC1C=CNN1)NC(=O)C1CC2(CC2)CN1C(=O)c1cc2ccccc2[nH]1. The van der Waals surface area contributed by atoms with E-state index in [9.17, 15) is 19.2 Å². The van der Waals surface area contributed by atoms with Gasteiger partial charge in [-0.15, -0.1) is 0 Å². The number of H-pyrrole nitrogens is 1. The lowest BCUT2D eigenvalue weighted by Crippen LogP contribution is -2.54. The molecule has 0 bridgehead atoms. The number of Topliss-reactive ketones (excluding diaryl/α,β-unsaturated/α-hetero) is 1. The van der Waals surface area contributed by atoms with Gasteiger partial charge in [0.05, 0.1) is 6.04 Å². The van der Waals surface area contributed by atoms with Crippen LogP contribution < -0.4 is 21.5 Å². The molecule has 1 saturated heterocycles. The highest BCUT2D eigenvalue weighted by molar-refractivity contribution is 6.38. The molecule has 3 atom stereocenters. The molecular formula is C30H32N6O4. The number of aromatic nitrogens is 1. The van der Waals surface area contributed by atoms with E-state index in [4.69, 9.17) is 0 Å². The smallest absolute Gasteiger partial charge is 0.289 e. The molecule has 3 aromatic rings. The molecule has 2 fully saturated rings. The van der Waals surface area contributed by atoms with Gasteiger partial charge >= 0.3 is 0 Å². The van der Waals surface area contributed by atoms with E-state index in [0.29, 0.717) is 18.7 Å². The van der Waals surface area contributed by atoms with Crippen molar-refractivity contribution in [3.63, 3.8) is 0 Å². The third-order valence-electron chi connectivity index (χ3n) is 8.11. The van der Waals surface area contributed by atoms with E-state index in [1.165, 1.54) is 0 Å². The number of ketones is 1. The summed E-state index contributed by atoms with van der Waals surface area (Å²) in [5, 5.41) is 6.43. The maximum atomic E-state index is 13.7. The van der Waals surface area contributed by atoms with Crippen molar-refractivity contribution >= 4 is 34.4 Å². The van der Waals surface area contributed by atoms with Gasteiger partial charge in [-0.05, 0) is 54.9 Å². The molecule has 3 amide bonds. The van der Waals surface area contributed by atoms with Crippen LogP contribution in [0.4, 0.5) is 0 Å². The van der Waals surface area contributed by atoms with Crippen LogP contribution in [0.1, 0.15) is 41.7 Å². The first-order chi connectivity index (χ1) is 19.4. The number of benzene rings is 2. The Morgan fingerprint density at radius 1 is 1.02 bits per heavy atom. The summed E-state index contributed by atoms with van der Waals surface area (Å²) in [6, 6.07) is 16.7. The molecule has 1 spiro atoms. The van der Waals surface area contributed by atoms with E-state index in [1.54, 1.807) is 17.2 Å². The Bertz CT molecular complexity index is 1440. The lowest BCUT2D eigenvalue weighted by atomic mass is 10.00. The molecule has 1 aromatic heterocycles. The van der Waals surface area contributed by atoms with Gasteiger partial charge in [-0.2, -0.15) is 0 Å². The quantitative estimate of drug-likeness (QED) is 0.263. The monoisotopic (exact) mass is 540 g/mol. The number of carbonyl (C=O) groups excluding carboxylic acids is 4. The summed E-state index contributed by atoms with van der Waals surface area (Å²) in [7, 11) is 0. The lowest BCUT2D eigenvalue weighted by molar-refractivity contribution is -0.140. The van der Waals surface area contributed by atoms with Crippen molar-refractivity contribution in [2.24, 2.45) is 5.41 Å². The number of amides is 3. The van der Waals surface area contributed by atoms with Crippen LogP contribution in [0.15, 0.2) is 72.9 Å². The standard InChI is InChI=1S/C30H32N6O4/c37-26(28(39)31-17-19-6-2-1-3-7-19)23(15-21-10-13-32-35-21)34-27(38)25-16-30(11-12-30)18-36(25)29(40)24-14-20-8-4-5-9-22(20)33-24/h1-10,13-14,21,23,25,32-33,35H,11-12,15-18H2,(H,31,39)(H,34,38). The number of nitrogens with one attached hydrogen (secondary N) is 5. The molecule has 1 saturated carbocycles. The van der Waals surface area contributed by atoms with Crippen LogP contribution in [0.3, 0.4) is 0 Å². The summed E-state index contributed by atoms with van der Waals surface area (Å²) < 4.78 is 0. The molecular weight excluding hydrogens is 508 g/mol. The summed E-state index contributed by atoms with van der Waals surface area (Å²) in [5.74, 6) is -2.15. The van der Waals surface area contributed by atoms with Crippen LogP contribution in [-0.4, -0.2) is 58.1 Å². The van der Waals surface area contributed by atoms with Gasteiger partial charge in [0.2, 0.25) is 11.7 Å². The van der Waals surface area contributed by atoms with Crippen LogP contribution >= 0.6 is 0 Å². The Morgan fingerprint density at radius 3 is 2.52 bits per heavy atom. The third-order valence-corrected chi connectivity index (χ3v) is 8.11. The highest BCUT2D eigenvalue weighted by Gasteiger charge is 2.55. The third kappa shape index (κ3) is 5.35. The second kappa shape index (κ2) is 10.6. The normalized spacial score (nSPS) is 21.2. The van der Waals surface area contributed by atoms with E-state index in [0.717, 1.165) is 29.3 Å². The van der Waals surface area contributed by atoms with Crippen molar-refractivity contribution in [1.29, 1.82) is 0 Å². The number of fused-ring (bicyclic) bond motifs is 1. The van der Waals surface area contributed by atoms with Crippen LogP contribution in [0.25, 0.3) is 10.9 Å². The number of para-hydroxylation sites is 1. The summed E-state index contributed by atoms with van der Waals surface area (Å²) in [5.41, 5.74) is 7.94. The van der Waals surface area contributed by atoms with E-state index >= 15 is 0 Å². The molecule has 1 aliphatic carbocycles. The van der Waals surface area contributed by atoms with Gasteiger partial charge in [-0.3, -0.25) is 19.2 Å². The first-order valence-corrected chi connectivity index (χ1v) is 13.6. The van der Waals surface area contributed by atoms with E-state index in [1.807, 2.05) is 60.7 Å². The van der Waals surface area contributed by atoms with Crippen molar-refractivity contribution in [1.82, 2.24) is 31.4 Å². The molecule has 2 aliphatic heterocycles. The van der Waals surface area contributed by atoms with Gasteiger partial charge in [0.25, 0.3) is 11.8 Å². The zero-order valence-electron chi connectivity index (χ0n) is 22.0. The number of hydrogen-bond acceptors (Lipinski definition) is 6. The maximum Gasteiger partial charge on any atom is 0.289 e. The summed E-state index contributed by atoms with van der Waals surface area (Å²) in [4.78, 5) is 58.3. The number of likely N-dealkylation sites (tertiary alicyclic amines) is 1. The fourth-order valence-corrected chi connectivity index (χ4v) is 5.67. The van der Waals surface area contributed by atoms with Crippen molar-refractivity contribution < 1.29 is 19.2 Å². The van der Waals surface area contributed by atoms with Gasteiger partial charge in [0, 0.05) is 36.2 Å². The number of aromatic amines is 1. The van der Waals surface area contributed by atoms with Gasteiger partial charge in [-0.25, -0.2) is 5.43 Å². The van der Waals surface area contributed by atoms with Crippen LogP contribution in [0, 0.1) is 5.41 Å². The van der Waals surface area contributed by atoms with E-state index < -0.39 is 29.7 Å². The number of carbonyl (C=O) groups is 4. The van der Waals surface area contributed by atoms with Gasteiger partial charge in [0.15, 0.2) is 0 Å². The molecule has 40 heavy (non-hydrogen) atoms. The number of hydrazine groups is 1. The summed E-state index contributed by atoms with van der Waals surface area (Å²) >= 11 is 0. The topological polar surface area (TPSA) is 135 Å². The highest BCUT2D eigenvalue weighted by atomic mass is 16.2. The molecule has 3 heterocycles. The molecule has 10 nitrogen and oxygen atoms in total. The molecule has 10 heteroatoms. The molecule has 3 unspecified atom stereocenters. The second-order valence-electron chi connectivity index (χ2n) is 11.0. The van der Waals surface area contributed by atoms with Crippen molar-refractivity contribution in [3.8, 4) is 0 Å². The van der Waals surface area contributed by atoms with Gasteiger partial charge < -0.3 is 25.9 Å². The van der Waals surface area contributed by atoms with Gasteiger partial charge in [-0.1, -0.05) is 48.5 Å². The number of hydrogen-bond donors (Lipinski definition) is 5. The van der Waals surface area contributed by atoms with Gasteiger partial charge in [0.1, 0.15) is 11.7 Å². The average Bonchev–Trinajstić information content (AvgIpc) is 3.33. The zero-order chi connectivity index (χ0) is 27.7. The van der Waals surface area contributed by atoms with Crippen molar-refractivity contribution in [2.75, 3.05) is 6.54 Å². The Balaban J connectivity index is 1.18. The Labute approximate surface area is 231 Å². The van der Waals surface area contributed by atoms with Crippen LogP contribution in [-0.2, 0) is 20.9 Å². The minimum absolute atomic E-state index is 0.0596. The predicted octanol–water partition coefficient (Wildman–Crippen LogP) is 1.91. The Morgan fingerprint density at radius 2 is 1.80 bits per heavy atom. The molecule has 206 valence electrons. The van der Waals surface area contributed by atoms with Crippen LogP contribution in [0.5, 0.6) is 0 Å². The lowest BCUT2D eigenvalue weighted by Gasteiger charge is -2.26. The second-order valence-corrected chi connectivity index (χ2v) is 11.0. The largest absolute Gasteiger partial charge is 0.351 e. The Hall–Kier alpha value is -4.44. The van der Waals surface area contributed by atoms with E-state index in [2.05, 4.69) is 26.5 Å². The first-order valence-electron chi connectivity index (χ1n) is 13.6. The molecule has 6 rings (SSSR count). The van der Waals surface area contributed by atoms with Crippen LogP contribution in [0.2, 0.25) is 0 Å². The molecule has 5 N–H and O–H groups in total. The van der Waals surface area contributed by atoms with E-state index in [-0.39, 0.29) is 30.3 Å². The summed E-state index contributed by atoms with van der Waals surface area (Å²) in [6.45, 7) is 0.694. The number of nitrogens with zero attached hydrogens (tertiary/aromatic N) is 1. The minimum atomic E-state index is -1.06. The predicted molar refractivity (Wildman–Crippen MR) is 148 cm³/mol. The first kappa shape index (κ1) is 25.8. The molecule has 0 radical (unpaired) electrons. The summed E-state index contributed by atoms with van der Waals surface area (Å²) in [6.07, 6.45) is 6.17. The van der Waals surface area contributed by atoms with Crippen molar-refractivity contribution in [3.05, 3.63) is 84.2 Å². The number of rotatable bonds is 9. The highest BCUT2D eigenvalue weighted by Crippen LogP contribution is 2.55. The zero-order valence-corrected chi connectivity index (χ0v) is 22.0.